The van der Waals surface area contributed by atoms with E-state index < -0.39 is 23.9 Å². The molecule has 228 valence electrons. The number of carbonyl (C=O) groups excluding carboxylic acids is 4. The molecule has 7 N–H and O–H groups in total. The summed E-state index contributed by atoms with van der Waals surface area (Å²) in [5, 5.41) is 19.6. The van der Waals surface area contributed by atoms with Gasteiger partial charge in [-0.2, -0.15) is 0 Å². The van der Waals surface area contributed by atoms with E-state index in [9.17, 15) is 19.2 Å². The van der Waals surface area contributed by atoms with Crippen LogP contribution in [0.25, 0.3) is 0 Å². The molecular formula is C26H43ClN10O4. The average molecular weight is 595 g/mol. The fraction of sp³-hybridized carbons (Fsp3) is 0.654. The van der Waals surface area contributed by atoms with Crippen LogP contribution in [0.3, 0.4) is 0 Å². The molecule has 1 aromatic heterocycles. The molecule has 14 nitrogen and oxygen atoms in total. The number of amidine groups is 1. The maximum atomic E-state index is 13.7. The summed E-state index contributed by atoms with van der Waals surface area (Å²) in [5.41, 5.74) is 5.99. The van der Waals surface area contributed by atoms with Crippen LogP contribution >= 0.6 is 12.4 Å². The van der Waals surface area contributed by atoms with Crippen LogP contribution in [-0.2, 0) is 14.4 Å². The molecule has 1 aliphatic heterocycles. The zero-order chi connectivity index (χ0) is 29.1. The summed E-state index contributed by atoms with van der Waals surface area (Å²) in [7, 11) is 3.69. The van der Waals surface area contributed by atoms with Gasteiger partial charge in [-0.15, -0.1) is 12.4 Å². The number of rotatable bonds is 15. The number of aromatic nitrogens is 2. The third-order valence-corrected chi connectivity index (χ3v) is 6.97. The zero-order valence-corrected chi connectivity index (χ0v) is 24.5. The van der Waals surface area contributed by atoms with Crippen molar-refractivity contribution in [1.82, 2.24) is 41.0 Å². The van der Waals surface area contributed by atoms with Crippen LogP contribution in [0, 0.1) is 11.3 Å². The Kier molecular flexibility index (Phi) is 13.9. The fourth-order valence-electron chi connectivity index (χ4n) is 4.68. The van der Waals surface area contributed by atoms with E-state index in [0.29, 0.717) is 13.1 Å². The lowest BCUT2D eigenvalue weighted by Gasteiger charge is -2.32. The third kappa shape index (κ3) is 11.2. The number of nitrogens with two attached hydrogens (primary N) is 1. The van der Waals surface area contributed by atoms with Gasteiger partial charge in [0.2, 0.25) is 17.7 Å². The van der Waals surface area contributed by atoms with Crippen LogP contribution in [0.2, 0.25) is 0 Å². The fourth-order valence-corrected chi connectivity index (χ4v) is 4.68. The highest BCUT2D eigenvalue weighted by Crippen LogP contribution is 2.27. The molecule has 3 unspecified atom stereocenters. The van der Waals surface area contributed by atoms with Crippen LogP contribution in [-0.4, -0.2) is 114 Å². The molecule has 1 saturated carbocycles. The van der Waals surface area contributed by atoms with Crippen LogP contribution in [0.1, 0.15) is 49.0 Å². The first kappa shape index (κ1) is 33.8. The maximum Gasteiger partial charge on any atom is 0.271 e. The number of piperidine rings is 1. The Morgan fingerprint density at radius 1 is 1.12 bits per heavy atom. The highest BCUT2D eigenvalue weighted by molar-refractivity contribution is 5.94. The molecule has 2 fully saturated rings. The Morgan fingerprint density at radius 3 is 2.46 bits per heavy atom. The summed E-state index contributed by atoms with van der Waals surface area (Å²) >= 11 is 0. The number of carbonyl (C=O) groups is 4. The Morgan fingerprint density at radius 2 is 1.88 bits per heavy atom. The summed E-state index contributed by atoms with van der Waals surface area (Å²) in [6.07, 6.45) is 7.47. The second-order valence-electron chi connectivity index (χ2n) is 10.6. The molecule has 0 bridgehead atoms. The van der Waals surface area contributed by atoms with Crippen molar-refractivity contribution in [2.24, 2.45) is 11.7 Å². The highest BCUT2D eigenvalue weighted by Gasteiger charge is 2.37. The van der Waals surface area contributed by atoms with E-state index in [2.05, 4.69) is 31.2 Å². The Labute approximate surface area is 246 Å². The molecule has 0 spiro atoms. The van der Waals surface area contributed by atoms with Crippen molar-refractivity contribution in [3.05, 3.63) is 24.3 Å². The van der Waals surface area contributed by atoms with Gasteiger partial charge in [0.05, 0.1) is 18.7 Å². The van der Waals surface area contributed by atoms with E-state index in [1.54, 1.807) is 4.90 Å². The molecule has 41 heavy (non-hydrogen) atoms. The standard InChI is InChI=1S/C26H42N10O4.ClH/c1-35(2)12-7-21(37)33-19(14-22(38)34-23(24(27)28)17-4-3-8-29-15-17)26(40)36(18-5-6-18)13-11-32-25(39)20-16-30-9-10-31-20;/h9-10,16-19,23,29H,3-8,11-15H2,1-2H3,(H3,27,28)(H,32,39)(H,33,37)(H,34,38);1H. The van der Waals surface area contributed by atoms with Gasteiger partial charge in [-0.1, -0.05) is 0 Å². The van der Waals surface area contributed by atoms with Gasteiger partial charge in [0.25, 0.3) is 5.91 Å². The first-order valence-corrected chi connectivity index (χ1v) is 13.8. The van der Waals surface area contributed by atoms with Gasteiger partial charge in [0.1, 0.15) is 17.6 Å². The maximum absolute atomic E-state index is 13.7. The number of hydrogen-bond donors (Lipinski definition) is 6. The summed E-state index contributed by atoms with van der Waals surface area (Å²) in [5.74, 6) is -1.77. The molecule has 15 heteroatoms. The lowest BCUT2D eigenvalue weighted by molar-refractivity contribution is -0.139. The van der Waals surface area contributed by atoms with Gasteiger partial charge in [0.15, 0.2) is 0 Å². The van der Waals surface area contributed by atoms with Crippen molar-refractivity contribution in [2.75, 3.05) is 46.8 Å². The number of nitrogens with zero attached hydrogens (tertiary/aromatic N) is 4. The van der Waals surface area contributed by atoms with Crippen molar-refractivity contribution < 1.29 is 19.2 Å². The number of nitrogens with one attached hydrogen (secondary N) is 5. The molecule has 1 aromatic rings. The highest BCUT2D eigenvalue weighted by atomic mass is 35.5. The number of halogens is 1. The topological polar surface area (TPSA) is 199 Å². The smallest absolute Gasteiger partial charge is 0.271 e. The normalized spacial score (nSPS) is 17.9. The van der Waals surface area contributed by atoms with Crippen LogP contribution in [0.4, 0.5) is 0 Å². The van der Waals surface area contributed by atoms with E-state index in [1.807, 2.05) is 19.0 Å². The molecule has 2 heterocycles. The van der Waals surface area contributed by atoms with Crippen molar-refractivity contribution in [3.63, 3.8) is 0 Å². The van der Waals surface area contributed by atoms with Crippen LogP contribution in [0.5, 0.6) is 0 Å². The van der Waals surface area contributed by atoms with Gasteiger partial charge in [-0.05, 0) is 52.2 Å². The SMILES string of the molecule is CN(C)CCC(=O)NC(CC(=O)NC(C(=N)N)C1CCCNC1)C(=O)N(CCNC(=O)c1cnccn1)C1CC1.Cl. The minimum atomic E-state index is -1.09. The van der Waals surface area contributed by atoms with Crippen molar-refractivity contribution in [1.29, 1.82) is 5.41 Å². The van der Waals surface area contributed by atoms with Crippen molar-refractivity contribution >= 4 is 41.9 Å². The molecule has 3 atom stereocenters. The molecule has 2 aliphatic rings. The first-order chi connectivity index (χ1) is 19.2. The minimum Gasteiger partial charge on any atom is -0.386 e. The van der Waals surface area contributed by atoms with E-state index in [0.717, 1.165) is 32.2 Å². The van der Waals surface area contributed by atoms with Crippen molar-refractivity contribution in [2.45, 2.75) is 56.7 Å². The summed E-state index contributed by atoms with van der Waals surface area (Å²) in [6.45, 7) is 2.38. The molecule has 0 aromatic carbocycles. The Balaban J connectivity index is 0.00000588. The predicted molar refractivity (Wildman–Crippen MR) is 156 cm³/mol. The lowest BCUT2D eigenvalue weighted by atomic mass is 9.90. The van der Waals surface area contributed by atoms with Gasteiger partial charge in [-0.25, -0.2) is 4.98 Å². The third-order valence-electron chi connectivity index (χ3n) is 6.97. The summed E-state index contributed by atoms with van der Waals surface area (Å²) in [4.78, 5) is 63.3. The zero-order valence-electron chi connectivity index (χ0n) is 23.7. The molecule has 1 saturated heterocycles. The summed E-state index contributed by atoms with van der Waals surface area (Å²) in [6, 6.07) is -1.78. The number of hydrogen-bond acceptors (Lipinski definition) is 9. The molecule has 4 amide bonds. The van der Waals surface area contributed by atoms with E-state index >= 15 is 0 Å². The molecule has 1 aliphatic carbocycles. The molecule has 3 rings (SSSR count). The van der Waals surface area contributed by atoms with Crippen molar-refractivity contribution in [3.8, 4) is 0 Å². The Hall–Kier alpha value is -3.36. The first-order valence-electron chi connectivity index (χ1n) is 13.8. The lowest BCUT2D eigenvalue weighted by Crippen LogP contribution is -2.56. The molecular weight excluding hydrogens is 552 g/mol. The summed E-state index contributed by atoms with van der Waals surface area (Å²) < 4.78 is 0. The van der Waals surface area contributed by atoms with E-state index in [-0.39, 0.29) is 73.6 Å². The van der Waals surface area contributed by atoms with E-state index in [1.165, 1.54) is 18.6 Å². The minimum absolute atomic E-state index is 0. The number of amides is 4. The predicted octanol–water partition coefficient (Wildman–Crippen LogP) is -1.13. The van der Waals surface area contributed by atoms with Crippen LogP contribution < -0.4 is 27.0 Å². The second kappa shape index (κ2) is 16.8. The van der Waals surface area contributed by atoms with Gasteiger partial charge in [0, 0.05) is 51.0 Å². The second-order valence-corrected chi connectivity index (χ2v) is 10.6. The Bertz CT molecular complexity index is 1030. The van der Waals surface area contributed by atoms with Gasteiger partial charge >= 0.3 is 0 Å². The van der Waals surface area contributed by atoms with E-state index in [4.69, 9.17) is 11.1 Å². The average Bonchev–Trinajstić information content (AvgIpc) is 3.78. The molecule has 0 radical (unpaired) electrons. The monoisotopic (exact) mass is 594 g/mol. The quantitative estimate of drug-likeness (QED) is 0.107. The van der Waals surface area contributed by atoms with Gasteiger partial charge in [-0.3, -0.25) is 29.6 Å². The van der Waals surface area contributed by atoms with Crippen LogP contribution in [0.15, 0.2) is 18.6 Å². The van der Waals surface area contributed by atoms with Gasteiger partial charge < -0.3 is 36.8 Å². The largest absolute Gasteiger partial charge is 0.386 e.